The van der Waals surface area contributed by atoms with Gasteiger partial charge in [0.2, 0.25) is 0 Å². The molecule has 6 N–H and O–H groups in total. The van der Waals surface area contributed by atoms with E-state index in [1.807, 2.05) is 0 Å². The normalized spacial score (nSPS) is 14.8. The number of benzene rings is 4. The zero-order valence-corrected chi connectivity index (χ0v) is 18.3. The van der Waals surface area contributed by atoms with Crippen molar-refractivity contribution in [1.82, 2.24) is 5.32 Å². The Morgan fingerprint density at radius 2 is 1.58 bits per heavy atom. The highest BCUT2D eigenvalue weighted by Gasteiger charge is 2.38. The zero-order valence-electron chi connectivity index (χ0n) is 18.3. The summed E-state index contributed by atoms with van der Waals surface area (Å²) in [5.74, 6) is -1.38. The Morgan fingerprint density at radius 1 is 0.879 bits per heavy atom. The van der Waals surface area contributed by atoms with Gasteiger partial charge in [-0.25, -0.2) is 0 Å². The molecule has 1 aliphatic rings. The van der Waals surface area contributed by atoms with E-state index in [9.17, 15) is 30.0 Å². The van der Waals surface area contributed by atoms with Crippen LogP contribution in [0.15, 0.2) is 21.7 Å². The van der Waals surface area contributed by atoms with Crippen LogP contribution in [0.1, 0.15) is 30.5 Å². The van der Waals surface area contributed by atoms with Crippen LogP contribution in [0.2, 0.25) is 0 Å². The number of phenolic OH excluding ortho intramolecular Hbond substituents is 3. The molecule has 170 valence electrons. The number of aliphatic hydroxyl groups excluding tert-OH is 2. The fourth-order valence-electron chi connectivity index (χ4n) is 5.26. The van der Waals surface area contributed by atoms with Crippen LogP contribution in [0.25, 0.3) is 38.1 Å². The van der Waals surface area contributed by atoms with Crippen molar-refractivity contribution < 1.29 is 25.5 Å². The summed E-state index contributed by atoms with van der Waals surface area (Å²) >= 11 is 0. The van der Waals surface area contributed by atoms with E-state index in [2.05, 4.69) is 5.32 Å². The second kappa shape index (κ2) is 6.69. The summed E-state index contributed by atoms with van der Waals surface area (Å²) in [6, 6.07) is 2.81. The third kappa shape index (κ3) is 2.47. The highest BCUT2D eigenvalue weighted by molar-refractivity contribution is 6.29. The summed E-state index contributed by atoms with van der Waals surface area (Å²) in [5.41, 5.74) is -1.31. The first-order chi connectivity index (χ1) is 15.5. The molecule has 4 aromatic rings. The van der Waals surface area contributed by atoms with Crippen molar-refractivity contribution in [3.63, 3.8) is 0 Å². The lowest BCUT2D eigenvalue weighted by Crippen LogP contribution is -2.40. The molecule has 0 heterocycles. The van der Waals surface area contributed by atoms with Crippen molar-refractivity contribution in [2.75, 3.05) is 13.2 Å². The highest BCUT2D eigenvalue weighted by atomic mass is 16.3. The zero-order chi connectivity index (χ0) is 24.0. The minimum atomic E-state index is -1.10. The Morgan fingerprint density at radius 3 is 2.24 bits per heavy atom. The van der Waals surface area contributed by atoms with Gasteiger partial charge in [0.1, 0.15) is 23.0 Å². The molecule has 0 unspecified atom stereocenters. The molecule has 8 nitrogen and oxygen atoms in total. The summed E-state index contributed by atoms with van der Waals surface area (Å²) in [4.78, 5) is 26.5. The fraction of sp³-hybridized carbons (Fsp3) is 0.280. The second-order valence-corrected chi connectivity index (χ2v) is 9.14. The van der Waals surface area contributed by atoms with Gasteiger partial charge in [-0.05, 0) is 49.4 Å². The van der Waals surface area contributed by atoms with Gasteiger partial charge in [0, 0.05) is 34.7 Å². The van der Waals surface area contributed by atoms with Gasteiger partial charge in [-0.1, -0.05) is 0 Å². The standard InChI is InChI=1S/C25H23NO7/c1-9-6-12(28)16-17-14(9)13(29)7-11-15(17)18-19(23(16)32)21(30)10(8-26-4-5-27)22(31)20(18)24(33)25(11,2)3/h6-7,26-27,29-30,32-33H,4-5,8H2,1-3H3. The van der Waals surface area contributed by atoms with Gasteiger partial charge in [0.25, 0.3) is 0 Å². The van der Waals surface area contributed by atoms with Gasteiger partial charge in [0.05, 0.1) is 28.2 Å². The summed E-state index contributed by atoms with van der Waals surface area (Å²) in [7, 11) is 0. The first-order valence-corrected chi connectivity index (χ1v) is 10.6. The summed E-state index contributed by atoms with van der Waals surface area (Å²) in [6.45, 7) is 4.93. The molecule has 0 spiro atoms. The minimum absolute atomic E-state index is 0.0563. The maximum absolute atomic E-state index is 13.5. The maximum Gasteiger partial charge on any atom is 0.198 e. The molecular weight excluding hydrogens is 426 g/mol. The molecule has 0 saturated heterocycles. The summed E-state index contributed by atoms with van der Waals surface area (Å²) in [5, 5.41) is 57.3. The van der Waals surface area contributed by atoms with E-state index in [0.717, 1.165) is 0 Å². The lowest BCUT2D eigenvalue weighted by molar-refractivity contribution is 0.291. The van der Waals surface area contributed by atoms with E-state index in [-0.39, 0.29) is 58.1 Å². The van der Waals surface area contributed by atoms with Gasteiger partial charge >= 0.3 is 0 Å². The van der Waals surface area contributed by atoms with Gasteiger partial charge in [-0.15, -0.1) is 0 Å². The van der Waals surface area contributed by atoms with Crippen LogP contribution in [-0.2, 0) is 12.0 Å². The predicted octanol–water partition coefficient (Wildman–Crippen LogP) is 1.49. The number of nitrogens with one attached hydrogen (secondary N) is 1. The van der Waals surface area contributed by atoms with Crippen LogP contribution in [0.5, 0.6) is 17.2 Å². The van der Waals surface area contributed by atoms with Gasteiger partial charge < -0.3 is 30.8 Å². The molecule has 0 atom stereocenters. The molecule has 0 aliphatic heterocycles. The van der Waals surface area contributed by atoms with Crippen LogP contribution in [0.4, 0.5) is 0 Å². The van der Waals surface area contributed by atoms with Gasteiger partial charge in [-0.3, -0.25) is 9.59 Å². The lowest BCUT2D eigenvalue weighted by atomic mass is 9.72. The van der Waals surface area contributed by atoms with Crippen LogP contribution in [-0.4, -0.2) is 38.7 Å². The number of phenols is 3. The minimum Gasteiger partial charge on any atom is -0.511 e. The van der Waals surface area contributed by atoms with Crippen molar-refractivity contribution in [3.8, 4) is 17.2 Å². The Kier molecular flexibility index (Phi) is 4.31. The number of aromatic hydroxyl groups is 3. The van der Waals surface area contributed by atoms with E-state index >= 15 is 0 Å². The molecule has 33 heavy (non-hydrogen) atoms. The summed E-state index contributed by atoms with van der Waals surface area (Å²) < 4.78 is 0. The number of aliphatic hydroxyl groups is 2. The number of aryl methyl sites for hydroxylation is 1. The Bertz CT molecular complexity index is 1690. The Labute approximate surface area is 187 Å². The van der Waals surface area contributed by atoms with Crippen molar-refractivity contribution in [2.24, 2.45) is 0 Å². The van der Waals surface area contributed by atoms with Crippen molar-refractivity contribution in [1.29, 1.82) is 0 Å². The highest BCUT2D eigenvalue weighted by Crippen LogP contribution is 2.51. The van der Waals surface area contributed by atoms with E-state index in [4.69, 9.17) is 5.11 Å². The predicted molar refractivity (Wildman–Crippen MR) is 125 cm³/mol. The Balaban J connectivity index is 2.20. The SMILES string of the molecule is Cc1cc(=O)c2c(O)c3c(O)c(CNCCO)c(=O)c4c3c3c(cc(O)c1c23)C(C)(C)C=4O. The van der Waals surface area contributed by atoms with Crippen LogP contribution in [0.3, 0.4) is 0 Å². The second-order valence-electron chi connectivity index (χ2n) is 9.14. The topological polar surface area (TPSA) is 147 Å². The van der Waals surface area contributed by atoms with Crippen molar-refractivity contribution in [3.05, 3.63) is 54.5 Å². The molecule has 0 fully saturated rings. The van der Waals surface area contributed by atoms with E-state index in [1.165, 1.54) is 12.1 Å². The van der Waals surface area contributed by atoms with E-state index in [1.54, 1.807) is 20.8 Å². The fourth-order valence-corrected chi connectivity index (χ4v) is 5.26. The van der Waals surface area contributed by atoms with Crippen molar-refractivity contribution in [2.45, 2.75) is 32.7 Å². The average molecular weight is 449 g/mol. The largest absolute Gasteiger partial charge is 0.511 e. The van der Waals surface area contributed by atoms with Gasteiger partial charge in [-0.2, -0.15) is 0 Å². The maximum atomic E-state index is 13.5. The van der Waals surface area contributed by atoms with E-state index in [0.29, 0.717) is 27.3 Å². The monoisotopic (exact) mass is 449 g/mol. The smallest absolute Gasteiger partial charge is 0.198 e. The third-order valence-corrected chi connectivity index (χ3v) is 6.88. The van der Waals surface area contributed by atoms with Crippen molar-refractivity contribution >= 4 is 38.1 Å². The molecule has 0 saturated carbocycles. The quantitative estimate of drug-likeness (QED) is 0.156. The first kappa shape index (κ1) is 21.2. The van der Waals surface area contributed by atoms with Gasteiger partial charge in [0.15, 0.2) is 10.9 Å². The van der Waals surface area contributed by atoms with Crippen LogP contribution in [0, 0.1) is 6.92 Å². The third-order valence-electron chi connectivity index (χ3n) is 6.88. The molecule has 8 heteroatoms. The average Bonchev–Trinajstić information content (AvgIpc) is 2.73. The molecule has 0 radical (unpaired) electrons. The van der Waals surface area contributed by atoms with Crippen LogP contribution < -0.4 is 21.4 Å². The molecule has 4 aromatic carbocycles. The van der Waals surface area contributed by atoms with Crippen LogP contribution >= 0.6 is 0 Å². The molecular formula is C25H23NO7. The first-order valence-electron chi connectivity index (χ1n) is 10.6. The molecule has 5 rings (SSSR count). The number of hydrogen-bond donors (Lipinski definition) is 6. The lowest BCUT2D eigenvalue weighted by Gasteiger charge is -2.32. The Hall–Kier alpha value is -3.62. The molecule has 0 aromatic heterocycles. The molecule has 0 bridgehead atoms. The summed E-state index contributed by atoms with van der Waals surface area (Å²) in [6.07, 6.45) is 0. The van der Waals surface area contributed by atoms with E-state index < -0.39 is 27.8 Å². The molecule has 0 amide bonds. The number of rotatable bonds is 4. The number of hydrogen-bond acceptors (Lipinski definition) is 8. The molecule has 1 aliphatic carbocycles.